The normalized spacial score (nSPS) is 16.8. The summed E-state index contributed by atoms with van der Waals surface area (Å²) in [5.74, 6) is -0.590. The fraction of sp³-hybridized carbons (Fsp3) is 0.444. The fourth-order valence-corrected chi connectivity index (χ4v) is 4.88. The van der Waals surface area contributed by atoms with Crippen LogP contribution < -0.4 is 16.0 Å². The lowest BCUT2D eigenvalue weighted by atomic mass is 9.95. The molecule has 180 valence electrons. The molecule has 7 nitrogen and oxygen atoms in total. The first-order valence-corrected chi connectivity index (χ1v) is 12.3. The summed E-state index contributed by atoms with van der Waals surface area (Å²) < 4.78 is 0. The summed E-state index contributed by atoms with van der Waals surface area (Å²) >= 11 is 0. The monoisotopic (exact) mass is 462 g/mol. The van der Waals surface area contributed by atoms with Crippen molar-refractivity contribution in [2.24, 2.45) is 11.7 Å². The number of likely N-dealkylation sites (tertiary alicyclic amines) is 1. The van der Waals surface area contributed by atoms with Crippen molar-refractivity contribution in [1.29, 1.82) is 0 Å². The molecular weight excluding hydrogens is 428 g/mol. The van der Waals surface area contributed by atoms with Crippen LogP contribution in [0.4, 0.5) is 11.4 Å². The van der Waals surface area contributed by atoms with Crippen molar-refractivity contribution >= 4 is 29.1 Å². The van der Waals surface area contributed by atoms with Crippen molar-refractivity contribution < 1.29 is 14.4 Å². The number of hydrogen-bond donors (Lipinski definition) is 2. The number of benzene rings is 2. The van der Waals surface area contributed by atoms with Gasteiger partial charge in [0.1, 0.15) is 0 Å². The maximum Gasteiger partial charge on any atom is 0.248 e. The topological polar surface area (TPSA) is 95.7 Å². The molecule has 2 heterocycles. The van der Waals surface area contributed by atoms with E-state index in [1.54, 1.807) is 12.1 Å². The van der Waals surface area contributed by atoms with Gasteiger partial charge in [-0.1, -0.05) is 30.3 Å². The van der Waals surface area contributed by atoms with Crippen LogP contribution in [-0.2, 0) is 16.0 Å². The molecule has 2 saturated heterocycles. The Morgan fingerprint density at radius 2 is 1.62 bits per heavy atom. The number of anilines is 2. The predicted molar refractivity (Wildman–Crippen MR) is 134 cm³/mol. The summed E-state index contributed by atoms with van der Waals surface area (Å²) in [6.45, 7) is 3.04. The van der Waals surface area contributed by atoms with Crippen molar-refractivity contribution in [3.63, 3.8) is 0 Å². The first kappa shape index (κ1) is 23.8. The van der Waals surface area contributed by atoms with Crippen LogP contribution in [0.15, 0.2) is 48.5 Å². The molecule has 0 aromatic heterocycles. The van der Waals surface area contributed by atoms with Gasteiger partial charge in [0.2, 0.25) is 17.7 Å². The second-order valence-electron chi connectivity index (χ2n) is 9.27. The third kappa shape index (κ3) is 5.95. The number of carbonyl (C=O) groups is 3. The number of piperidine rings is 2. The number of hydrogen-bond acceptors (Lipinski definition) is 4. The fourth-order valence-electron chi connectivity index (χ4n) is 4.88. The molecule has 34 heavy (non-hydrogen) atoms. The van der Waals surface area contributed by atoms with Crippen LogP contribution in [0.5, 0.6) is 0 Å². The number of amides is 3. The lowest BCUT2D eigenvalue weighted by Gasteiger charge is -2.33. The number of carbonyl (C=O) groups excluding carboxylic acids is 3. The SMILES string of the molecule is NC(=O)c1ccc(N2CCCCC2)c(NC(=O)C2CCN(C(=O)CCc3ccccc3)CC2)c1. The zero-order valence-electron chi connectivity index (χ0n) is 19.7. The predicted octanol–water partition coefficient (Wildman–Crippen LogP) is 3.59. The highest BCUT2D eigenvalue weighted by atomic mass is 16.2. The van der Waals surface area contributed by atoms with Crippen LogP contribution in [0.1, 0.15) is 54.4 Å². The Morgan fingerprint density at radius 3 is 2.29 bits per heavy atom. The van der Waals surface area contributed by atoms with Crippen molar-refractivity contribution in [2.45, 2.75) is 44.9 Å². The van der Waals surface area contributed by atoms with E-state index in [0.717, 1.165) is 43.6 Å². The summed E-state index contributed by atoms with van der Waals surface area (Å²) in [5, 5.41) is 3.07. The van der Waals surface area contributed by atoms with E-state index in [0.29, 0.717) is 43.6 Å². The van der Waals surface area contributed by atoms with Crippen LogP contribution in [0, 0.1) is 5.92 Å². The standard InChI is InChI=1S/C27H34N4O3/c28-26(33)22-10-11-24(30-15-5-2-6-16-30)23(19-22)29-27(34)21-13-17-31(18-14-21)25(32)12-9-20-7-3-1-4-8-20/h1,3-4,7-8,10-11,19,21H,2,5-6,9,12-18H2,(H2,28,33)(H,29,34). The third-order valence-corrected chi connectivity index (χ3v) is 6.92. The summed E-state index contributed by atoms with van der Waals surface area (Å²) in [5.41, 5.74) is 8.61. The van der Waals surface area contributed by atoms with Crippen molar-refractivity contribution in [2.75, 3.05) is 36.4 Å². The molecule has 3 amide bonds. The van der Waals surface area contributed by atoms with E-state index in [4.69, 9.17) is 5.73 Å². The van der Waals surface area contributed by atoms with Gasteiger partial charge in [-0.05, 0) is 62.3 Å². The number of aryl methyl sites for hydroxylation is 1. The highest BCUT2D eigenvalue weighted by Crippen LogP contribution is 2.31. The molecule has 4 rings (SSSR count). The molecule has 0 aliphatic carbocycles. The first-order chi connectivity index (χ1) is 16.5. The Labute approximate surface area is 201 Å². The van der Waals surface area contributed by atoms with Gasteiger partial charge in [0, 0.05) is 44.1 Å². The summed E-state index contributed by atoms with van der Waals surface area (Å²) in [7, 11) is 0. The van der Waals surface area contributed by atoms with Gasteiger partial charge in [-0.25, -0.2) is 0 Å². The van der Waals surface area contributed by atoms with Crippen LogP contribution in [0.2, 0.25) is 0 Å². The molecule has 0 spiro atoms. The molecule has 0 bridgehead atoms. The highest BCUT2D eigenvalue weighted by Gasteiger charge is 2.28. The molecule has 0 unspecified atom stereocenters. The maximum absolute atomic E-state index is 13.1. The van der Waals surface area contributed by atoms with E-state index in [-0.39, 0.29) is 17.7 Å². The van der Waals surface area contributed by atoms with E-state index < -0.39 is 5.91 Å². The van der Waals surface area contributed by atoms with Gasteiger partial charge < -0.3 is 20.9 Å². The van der Waals surface area contributed by atoms with E-state index in [2.05, 4.69) is 10.2 Å². The minimum Gasteiger partial charge on any atom is -0.370 e. The zero-order chi connectivity index (χ0) is 23.9. The molecule has 3 N–H and O–H groups in total. The van der Waals surface area contributed by atoms with Crippen molar-refractivity contribution in [3.05, 3.63) is 59.7 Å². The minimum absolute atomic E-state index is 0.0590. The minimum atomic E-state index is -0.511. The number of nitrogens with zero attached hydrogens (tertiary/aromatic N) is 2. The van der Waals surface area contributed by atoms with E-state index >= 15 is 0 Å². The van der Waals surface area contributed by atoms with Gasteiger partial charge in [-0.2, -0.15) is 0 Å². The van der Waals surface area contributed by atoms with E-state index in [1.807, 2.05) is 41.3 Å². The molecule has 0 saturated carbocycles. The number of nitrogens with two attached hydrogens (primary N) is 1. The number of primary amides is 1. The van der Waals surface area contributed by atoms with Crippen LogP contribution in [0.25, 0.3) is 0 Å². The Hall–Kier alpha value is -3.35. The highest BCUT2D eigenvalue weighted by molar-refractivity contribution is 6.00. The van der Waals surface area contributed by atoms with Crippen molar-refractivity contribution in [1.82, 2.24) is 4.90 Å². The summed E-state index contributed by atoms with van der Waals surface area (Å²) in [4.78, 5) is 41.6. The molecule has 2 aliphatic heterocycles. The van der Waals surface area contributed by atoms with E-state index in [9.17, 15) is 14.4 Å². The second kappa shape index (κ2) is 11.2. The molecule has 2 aromatic carbocycles. The average Bonchev–Trinajstić information content (AvgIpc) is 2.88. The number of rotatable bonds is 7. The molecule has 2 aromatic rings. The largest absolute Gasteiger partial charge is 0.370 e. The smallest absolute Gasteiger partial charge is 0.248 e. The van der Waals surface area contributed by atoms with Crippen LogP contribution in [0.3, 0.4) is 0 Å². The first-order valence-electron chi connectivity index (χ1n) is 12.3. The summed E-state index contributed by atoms with van der Waals surface area (Å²) in [6.07, 6.45) is 5.92. The quantitative estimate of drug-likeness (QED) is 0.657. The Balaban J connectivity index is 1.34. The lowest BCUT2D eigenvalue weighted by Crippen LogP contribution is -2.41. The molecule has 2 fully saturated rings. The molecule has 0 atom stereocenters. The van der Waals surface area contributed by atoms with Gasteiger partial charge in [-0.15, -0.1) is 0 Å². The molecule has 0 radical (unpaired) electrons. The Morgan fingerprint density at radius 1 is 0.912 bits per heavy atom. The molecular formula is C27H34N4O3. The summed E-state index contributed by atoms with van der Waals surface area (Å²) in [6, 6.07) is 15.3. The Kier molecular flexibility index (Phi) is 7.83. The Bertz CT molecular complexity index is 1010. The second-order valence-corrected chi connectivity index (χ2v) is 9.27. The van der Waals surface area contributed by atoms with Gasteiger partial charge in [0.15, 0.2) is 0 Å². The van der Waals surface area contributed by atoms with Crippen LogP contribution in [-0.4, -0.2) is 48.8 Å². The average molecular weight is 463 g/mol. The van der Waals surface area contributed by atoms with Gasteiger partial charge in [0.25, 0.3) is 0 Å². The molecule has 7 heteroatoms. The van der Waals surface area contributed by atoms with Gasteiger partial charge in [-0.3, -0.25) is 14.4 Å². The lowest BCUT2D eigenvalue weighted by molar-refractivity contribution is -0.134. The van der Waals surface area contributed by atoms with E-state index in [1.165, 1.54) is 6.42 Å². The molecule has 2 aliphatic rings. The number of nitrogens with one attached hydrogen (secondary N) is 1. The van der Waals surface area contributed by atoms with Gasteiger partial charge >= 0.3 is 0 Å². The maximum atomic E-state index is 13.1. The van der Waals surface area contributed by atoms with Crippen molar-refractivity contribution in [3.8, 4) is 0 Å². The van der Waals surface area contributed by atoms with Gasteiger partial charge in [0.05, 0.1) is 11.4 Å². The van der Waals surface area contributed by atoms with Crippen LogP contribution >= 0.6 is 0 Å². The third-order valence-electron chi connectivity index (χ3n) is 6.92. The zero-order valence-corrected chi connectivity index (χ0v) is 19.7.